The van der Waals surface area contributed by atoms with Crippen LogP contribution in [0.15, 0.2) is 0 Å². The van der Waals surface area contributed by atoms with Crippen LogP contribution in [0, 0.1) is 18.8 Å². The smallest absolute Gasteiger partial charge is 0.306 e. The fourth-order valence-corrected chi connectivity index (χ4v) is 2.30. The van der Waals surface area contributed by atoms with Gasteiger partial charge in [0.05, 0.1) is 11.6 Å². The van der Waals surface area contributed by atoms with E-state index in [-0.39, 0.29) is 11.8 Å². The number of carboxylic acids is 1. The molecule has 0 fully saturated rings. The summed E-state index contributed by atoms with van der Waals surface area (Å²) in [5.74, 6) is -0.691. The molecule has 1 aliphatic rings. The van der Waals surface area contributed by atoms with Gasteiger partial charge >= 0.3 is 5.97 Å². The average molecular weight is 208 g/mol. The van der Waals surface area contributed by atoms with E-state index >= 15 is 0 Å². The Labute approximate surface area is 88.7 Å². The molecule has 1 heterocycles. The maximum Gasteiger partial charge on any atom is 0.306 e. The summed E-state index contributed by atoms with van der Waals surface area (Å²) in [6.45, 7) is 3.80. The van der Waals surface area contributed by atoms with Crippen LogP contribution in [0.5, 0.6) is 0 Å². The molecule has 2 atom stereocenters. The summed E-state index contributed by atoms with van der Waals surface area (Å²) in [5.41, 5.74) is 3.45. The van der Waals surface area contributed by atoms with Crippen molar-refractivity contribution in [2.45, 2.75) is 33.1 Å². The van der Waals surface area contributed by atoms with E-state index in [0.29, 0.717) is 0 Å². The van der Waals surface area contributed by atoms with Crippen LogP contribution in [0.2, 0.25) is 0 Å². The van der Waals surface area contributed by atoms with Crippen molar-refractivity contribution in [1.29, 1.82) is 0 Å². The number of hydrogen-bond donors (Lipinski definition) is 2. The molecule has 0 aromatic carbocycles. The molecule has 0 aliphatic heterocycles. The summed E-state index contributed by atoms with van der Waals surface area (Å²) >= 11 is 0. The Morgan fingerprint density at radius 1 is 1.67 bits per heavy atom. The van der Waals surface area contributed by atoms with Gasteiger partial charge in [-0.1, -0.05) is 6.92 Å². The Morgan fingerprint density at radius 2 is 2.40 bits per heavy atom. The zero-order valence-electron chi connectivity index (χ0n) is 9.08. The van der Waals surface area contributed by atoms with Gasteiger partial charge in [-0.25, -0.2) is 0 Å². The maximum atomic E-state index is 10.9. The number of H-pyrrole nitrogens is 1. The summed E-state index contributed by atoms with van der Waals surface area (Å²) in [4.78, 5) is 10.9. The molecule has 1 aromatic rings. The highest BCUT2D eigenvalue weighted by molar-refractivity contribution is 5.70. The zero-order valence-corrected chi connectivity index (χ0v) is 9.08. The van der Waals surface area contributed by atoms with Crippen LogP contribution in [0.1, 0.15) is 30.3 Å². The second-order valence-electron chi connectivity index (χ2n) is 4.40. The van der Waals surface area contributed by atoms with Crippen molar-refractivity contribution in [1.82, 2.24) is 10.2 Å². The molecule has 2 N–H and O–H groups in total. The lowest BCUT2D eigenvalue weighted by Gasteiger charge is -2.24. The number of aromatic amines is 1. The molecule has 1 aromatic heterocycles. The summed E-state index contributed by atoms with van der Waals surface area (Å²) in [6, 6.07) is 0. The minimum Gasteiger partial charge on any atom is -0.481 e. The van der Waals surface area contributed by atoms with Crippen LogP contribution < -0.4 is 0 Å². The lowest BCUT2D eigenvalue weighted by atomic mass is 9.79. The molecular weight excluding hydrogens is 192 g/mol. The quantitative estimate of drug-likeness (QED) is 0.774. The largest absolute Gasteiger partial charge is 0.481 e. The fraction of sp³-hybridized carbons (Fsp3) is 0.636. The Kier molecular flexibility index (Phi) is 2.50. The van der Waals surface area contributed by atoms with Gasteiger partial charge in [-0.05, 0) is 37.7 Å². The molecule has 0 radical (unpaired) electrons. The van der Waals surface area contributed by atoms with Gasteiger partial charge in [-0.15, -0.1) is 0 Å². The van der Waals surface area contributed by atoms with Crippen molar-refractivity contribution >= 4 is 5.97 Å². The number of carbonyl (C=O) groups is 1. The van der Waals surface area contributed by atoms with Gasteiger partial charge in [0.25, 0.3) is 0 Å². The molecular formula is C11H16N2O2. The molecule has 82 valence electrons. The van der Waals surface area contributed by atoms with Gasteiger partial charge in [0.15, 0.2) is 0 Å². The SMILES string of the molecule is Cc1[nH]nc2c1CC(C(C)C(=O)O)CC2. The zero-order chi connectivity index (χ0) is 11.0. The first-order valence-corrected chi connectivity index (χ1v) is 5.35. The number of carboxylic acid groups (broad SMARTS) is 1. The molecule has 0 saturated heterocycles. The highest BCUT2D eigenvalue weighted by Crippen LogP contribution is 2.30. The number of aliphatic carboxylic acids is 1. The highest BCUT2D eigenvalue weighted by Gasteiger charge is 2.29. The van der Waals surface area contributed by atoms with E-state index in [1.165, 1.54) is 5.56 Å². The standard InChI is InChI=1S/C11H16N2O2/c1-6(11(14)15)8-3-4-10-9(5-8)7(2)12-13-10/h6,8H,3-5H2,1-2H3,(H,12,13)(H,14,15). The highest BCUT2D eigenvalue weighted by atomic mass is 16.4. The first-order valence-electron chi connectivity index (χ1n) is 5.35. The lowest BCUT2D eigenvalue weighted by Crippen LogP contribution is -2.26. The molecule has 4 nitrogen and oxygen atoms in total. The third-order valence-electron chi connectivity index (χ3n) is 3.47. The number of aromatic nitrogens is 2. The molecule has 4 heteroatoms. The van der Waals surface area contributed by atoms with Gasteiger partial charge in [0.1, 0.15) is 0 Å². The van der Waals surface area contributed by atoms with E-state index in [0.717, 1.165) is 30.7 Å². The number of nitrogens with one attached hydrogen (secondary N) is 1. The number of aryl methyl sites for hydroxylation is 2. The van der Waals surface area contributed by atoms with E-state index in [4.69, 9.17) is 5.11 Å². The lowest BCUT2D eigenvalue weighted by molar-refractivity contribution is -0.143. The third kappa shape index (κ3) is 1.76. The van der Waals surface area contributed by atoms with Gasteiger partial charge in [0.2, 0.25) is 0 Å². The predicted octanol–water partition coefficient (Wildman–Crippen LogP) is 1.54. The number of hydrogen-bond acceptors (Lipinski definition) is 2. The molecule has 1 aliphatic carbocycles. The first kappa shape index (κ1) is 10.2. The minimum absolute atomic E-state index is 0.256. The van der Waals surface area contributed by atoms with E-state index < -0.39 is 5.97 Å². The second kappa shape index (κ2) is 3.68. The number of rotatable bonds is 2. The van der Waals surface area contributed by atoms with Crippen LogP contribution in [-0.4, -0.2) is 21.3 Å². The molecule has 0 bridgehead atoms. The van der Waals surface area contributed by atoms with E-state index in [1.807, 2.05) is 6.92 Å². The van der Waals surface area contributed by atoms with Gasteiger partial charge in [-0.3, -0.25) is 9.89 Å². The van der Waals surface area contributed by atoms with Crippen LogP contribution >= 0.6 is 0 Å². The minimum atomic E-state index is -0.690. The first-order chi connectivity index (χ1) is 7.09. The fourth-order valence-electron chi connectivity index (χ4n) is 2.30. The summed E-state index contributed by atoms with van der Waals surface area (Å²) in [7, 11) is 0. The molecule has 0 amide bonds. The Balaban J connectivity index is 2.17. The number of fused-ring (bicyclic) bond motifs is 1. The van der Waals surface area contributed by atoms with Crippen molar-refractivity contribution in [3.05, 3.63) is 17.0 Å². The summed E-state index contributed by atoms with van der Waals surface area (Å²) < 4.78 is 0. The van der Waals surface area contributed by atoms with Crippen molar-refractivity contribution < 1.29 is 9.90 Å². The molecule has 2 rings (SSSR count). The second-order valence-corrected chi connectivity index (χ2v) is 4.40. The van der Waals surface area contributed by atoms with Crippen LogP contribution in [0.25, 0.3) is 0 Å². The Hall–Kier alpha value is -1.32. The molecule has 0 spiro atoms. The van der Waals surface area contributed by atoms with E-state index in [9.17, 15) is 4.79 Å². The van der Waals surface area contributed by atoms with Crippen LogP contribution in [0.3, 0.4) is 0 Å². The molecule has 15 heavy (non-hydrogen) atoms. The van der Waals surface area contributed by atoms with Crippen LogP contribution in [-0.2, 0) is 17.6 Å². The predicted molar refractivity (Wildman–Crippen MR) is 55.6 cm³/mol. The van der Waals surface area contributed by atoms with E-state index in [2.05, 4.69) is 10.2 Å². The van der Waals surface area contributed by atoms with E-state index in [1.54, 1.807) is 6.92 Å². The van der Waals surface area contributed by atoms with Gasteiger partial charge in [-0.2, -0.15) is 5.10 Å². The maximum absolute atomic E-state index is 10.9. The normalized spacial score (nSPS) is 22.1. The third-order valence-corrected chi connectivity index (χ3v) is 3.47. The molecule has 0 saturated carbocycles. The topological polar surface area (TPSA) is 66.0 Å². The summed E-state index contributed by atoms with van der Waals surface area (Å²) in [5, 5.41) is 16.2. The Bertz CT molecular complexity index is 384. The van der Waals surface area contributed by atoms with Gasteiger partial charge in [0, 0.05) is 5.69 Å². The monoisotopic (exact) mass is 208 g/mol. The summed E-state index contributed by atoms with van der Waals surface area (Å²) in [6.07, 6.45) is 2.69. The van der Waals surface area contributed by atoms with Crippen LogP contribution in [0.4, 0.5) is 0 Å². The van der Waals surface area contributed by atoms with Crippen molar-refractivity contribution in [3.63, 3.8) is 0 Å². The van der Waals surface area contributed by atoms with Crippen molar-refractivity contribution in [3.8, 4) is 0 Å². The average Bonchev–Trinajstić information content (AvgIpc) is 2.59. The molecule has 2 unspecified atom stereocenters. The Morgan fingerprint density at radius 3 is 3.07 bits per heavy atom. The van der Waals surface area contributed by atoms with Crippen molar-refractivity contribution in [2.75, 3.05) is 0 Å². The van der Waals surface area contributed by atoms with Crippen molar-refractivity contribution in [2.24, 2.45) is 11.8 Å². The van der Waals surface area contributed by atoms with Gasteiger partial charge < -0.3 is 5.11 Å². The number of nitrogens with zero attached hydrogens (tertiary/aromatic N) is 1.